The number of hydrogen-bond donors (Lipinski definition) is 2. The monoisotopic (exact) mass is 308 g/mol. The van der Waals surface area contributed by atoms with Crippen LogP contribution in [-0.4, -0.2) is 18.0 Å². The number of halogens is 1. The average molecular weight is 309 g/mol. The number of nitrogens with one attached hydrogen (secondary N) is 1. The molecule has 3 N–H and O–H groups in total. The molecule has 0 aliphatic rings. The van der Waals surface area contributed by atoms with Crippen molar-refractivity contribution in [3.05, 3.63) is 34.5 Å². The van der Waals surface area contributed by atoms with Crippen LogP contribution in [0.5, 0.6) is 0 Å². The van der Waals surface area contributed by atoms with E-state index in [2.05, 4.69) is 5.32 Å². The minimum Gasteiger partial charge on any atom is -0.449 e. The van der Waals surface area contributed by atoms with E-state index >= 15 is 0 Å². The first-order valence-electron chi connectivity index (χ1n) is 7.00. The van der Waals surface area contributed by atoms with E-state index in [9.17, 15) is 4.79 Å². The summed E-state index contributed by atoms with van der Waals surface area (Å²) in [5.74, 6) is 0.236. The Labute approximate surface area is 129 Å². The van der Waals surface area contributed by atoms with Crippen LogP contribution in [0.1, 0.15) is 36.9 Å². The summed E-state index contributed by atoms with van der Waals surface area (Å²) in [6.07, 6.45) is 0. The zero-order chi connectivity index (χ0) is 15.8. The number of furan rings is 1. The SMILES string of the molecule is Cc1c(C(=O)NC(C)(CN)C(C)C)oc2c(Cl)cccc12. The molecule has 1 unspecified atom stereocenters. The normalized spacial score (nSPS) is 14.4. The molecule has 5 heteroatoms. The molecule has 0 saturated carbocycles. The summed E-state index contributed by atoms with van der Waals surface area (Å²) in [6.45, 7) is 8.19. The molecule has 0 spiro atoms. The van der Waals surface area contributed by atoms with E-state index in [0.717, 1.165) is 10.9 Å². The first kappa shape index (κ1) is 15.9. The Morgan fingerprint density at radius 1 is 1.48 bits per heavy atom. The number of para-hydroxylation sites is 1. The first-order chi connectivity index (χ1) is 9.80. The lowest BCUT2D eigenvalue weighted by atomic mass is 9.88. The van der Waals surface area contributed by atoms with Crippen LogP contribution in [0.15, 0.2) is 22.6 Å². The highest BCUT2D eigenvalue weighted by atomic mass is 35.5. The number of aryl methyl sites for hydroxylation is 1. The van der Waals surface area contributed by atoms with Gasteiger partial charge in [-0.15, -0.1) is 0 Å². The van der Waals surface area contributed by atoms with Gasteiger partial charge in [-0.1, -0.05) is 37.6 Å². The van der Waals surface area contributed by atoms with Gasteiger partial charge in [0.05, 0.1) is 10.6 Å². The van der Waals surface area contributed by atoms with Gasteiger partial charge in [-0.3, -0.25) is 4.79 Å². The Morgan fingerprint density at radius 3 is 2.67 bits per heavy atom. The maximum Gasteiger partial charge on any atom is 0.287 e. The quantitative estimate of drug-likeness (QED) is 0.908. The Morgan fingerprint density at radius 2 is 2.14 bits per heavy atom. The number of carbonyl (C=O) groups excluding carboxylic acids is 1. The van der Waals surface area contributed by atoms with Crippen LogP contribution < -0.4 is 11.1 Å². The highest BCUT2D eigenvalue weighted by Crippen LogP contribution is 2.31. The van der Waals surface area contributed by atoms with Crippen molar-refractivity contribution in [2.24, 2.45) is 11.7 Å². The Balaban J connectivity index is 2.41. The second-order valence-corrected chi connectivity index (χ2v) is 6.31. The van der Waals surface area contributed by atoms with Crippen molar-refractivity contribution in [1.82, 2.24) is 5.32 Å². The summed E-state index contributed by atoms with van der Waals surface area (Å²) < 4.78 is 5.68. The average Bonchev–Trinajstić information content (AvgIpc) is 2.77. The predicted octanol–water partition coefficient (Wildman–Crippen LogP) is 3.50. The lowest BCUT2D eigenvalue weighted by Gasteiger charge is -2.33. The van der Waals surface area contributed by atoms with Gasteiger partial charge in [0.25, 0.3) is 5.91 Å². The van der Waals surface area contributed by atoms with Crippen molar-refractivity contribution in [3.8, 4) is 0 Å². The fourth-order valence-corrected chi connectivity index (χ4v) is 2.39. The molecule has 0 aliphatic heterocycles. The third-order valence-electron chi connectivity index (χ3n) is 4.22. The van der Waals surface area contributed by atoms with Crippen molar-refractivity contribution in [2.45, 2.75) is 33.2 Å². The summed E-state index contributed by atoms with van der Waals surface area (Å²) in [6, 6.07) is 5.47. The molecule has 2 aromatic rings. The highest BCUT2D eigenvalue weighted by Gasteiger charge is 2.31. The Kier molecular flexibility index (Phi) is 4.30. The van der Waals surface area contributed by atoms with Gasteiger partial charge < -0.3 is 15.5 Å². The third kappa shape index (κ3) is 2.78. The number of rotatable bonds is 4. The van der Waals surface area contributed by atoms with E-state index in [1.54, 1.807) is 6.07 Å². The molecule has 1 amide bonds. The lowest BCUT2D eigenvalue weighted by Crippen LogP contribution is -2.55. The van der Waals surface area contributed by atoms with Crippen LogP contribution in [0.2, 0.25) is 5.02 Å². The fourth-order valence-electron chi connectivity index (χ4n) is 2.17. The van der Waals surface area contributed by atoms with Gasteiger partial charge >= 0.3 is 0 Å². The van der Waals surface area contributed by atoms with Crippen molar-refractivity contribution >= 4 is 28.5 Å². The molecule has 1 atom stereocenters. The summed E-state index contributed by atoms with van der Waals surface area (Å²) in [4.78, 5) is 12.5. The molecule has 0 aliphatic carbocycles. The second-order valence-electron chi connectivity index (χ2n) is 5.90. The molecule has 0 saturated heterocycles. The van der Waals surface area contributed by atoms with Gasteiger partial charge in [0.15, 0.2) is 11.3 Å². The molecule has 1 heterocycles. The van der Waals surface area contributed by atoms with E-state index < -0.39 is 5.54 Å². The fraction of sp³-hybridized carbons (Fsp3) is 0.438. The van der Waals surface area contributed by atoms with Crippen molar-refractivity contribution in [1.29, 1.82) is 0 Å². The van der Waals surface area contributed by atoms with Crippen LogP contribution in [0.25, 0.3) is 11.0 Å². The number of amides is 1. The predicted molar refractivity (Wildman–Crippen MR) is 85.7 cm³/mol. The summed E-state index contributed by atoms with van der Waals surface area (Å²) >= 11 is 6.11. The van der Waals surface area contributed by atoms with Gasteiger partial charge in [0, 0.05) is 17.5 Å². The lowest BCUT2D eigenvalue weighted by molar-refractivity contribution is 0.0856. The number of benzene rings is 1. The molecule has 1 aromatic heterocycles. The van der Waals surface area contributed by atoms with Crippen molar-refractivity contribution in [2.75, 3.05) is 6.54 Å². The largest absolute Gasteiger partial charge is 0.449 e. The molecule has 0 radical (unpaired) electrons. The maximum atomic E-state index is 12.5. The zero-order valence-electron chi connectivity index (χ0n) is 12.8. The van der Waals surface area contributed by atoms with Crippen LogP contribution in [0.4, 0.5) is 0 Å². The smallest absolute Gasteiger partial charge is 0.287 e. The number of hydrogen-bond acceptors (Lipinski definition) is 3. The topological polar surface area (TPSA) is 68.3 Å². The van der Waals surface area contributed by atoms with E-state index in [1.807, 2.05) is 39.8 Å². The van der Waals surface area contributed by atoms with Crippen LogP contribution in [0, 0.1) is 12.8 Å². The molecule has 114 valence electrons. The van der Waals surface area contributed by atoms with Gasteiger partial charge in [-0.2, -0.15) is 0 Å². The van der Waals surface area contributed by atoms with Gasteiger partial charge in [-0.05, 0) is 25.8 Å². The molecule has 2 rings (SSSR count). The standard InChI is InChI=1S/C16H21ClN2O2/c1-9(2)16(4,8-18)19-15(20)13-10(3)11-6-5-7-12(17)14(11)21-13/h5-7,9H,8,18H2,1-4H3,(H,19,20). The summed E-state index contributed by atoms with van der Waals surface area (Å²) in [5.41, 5.74) is 6.65. The van der Waals surface area contributed by atoms with Crippen molar-refractivity contribution in [3.63, 3.8) is 0 Å². The first-order valence-corrected chi connectivity index (χ1v) is 7.38. The van der Waals surface area contributed by atoms with Crippen molar-refractivity contribution < 1.29 is 9.21 Å². The zero-order valence-corrected chi connectivity index (χ0v) is 13.5. The Bertz CT molecular complexity index is 678. The highest BCUT2D eigenvalue weighted by molar-refractivity contribution is 6.35. The molecule has 4 nitrogen and oxygen atoms in total. The van der Waals surface area contributed by atoms with Crippen LogP contribution in [-0.2, 0) is 0 Å². The molecule has 1 aromatic carbocycles. The van der Waals surface area contributed by atoms with Gasteiger partial charge in [-0.25, -0.2) is 0 Å². The van der Waals surface area contributed by atoms with Crippen LogP contribution >= 0.6 is 11.6 Å². The minimum atomic E-state index is -0.480. The van der Waals surface area contributed by atoms with Crippen LogP contribution in [0.3, 0.4) is 0 Å². The van der Waals surface area contributed by atoms with E-state index in [4.69, 9.17) is 21.8 Å². The molecular formula is C16H21ClN2O2. The molecule has 0 fully saturated rings. The van der Waals surface area contributed by atoms with E-state index in [0.29, 0.717) is 22.9 Å². The maximum absolute atomic E-state index is 12.5. The minimum absolute atomic E-state index is 0.208. The van der Waals surface area contributed by atoms with Gasteiger partial charge in [0.1, 0.15) is 0 Å². The number of fused-ring (bicyclic) bond motifs is 1. The second kappa shape index (κ2) is 5.70. The van der Waals surface area contributed by atoms with Gasteiger partial charge in [0.2, 0.25) is 0 Å². The summed E-state index contributed by atoms with van der Waals surface area (Å²) in [5, 5.41) is 4.33. The Hall–Kier alpha value is -1.52. The number of carbonyl (C=O) groups is 1. The molecule has 21 heavy (non-hydrogen) atoms. The molecular weight excluding hydrogens is 288 g/mol. The number of nitrogens with two attached hydrogens (primary N) is 1. The summed E-state index contributed by atoms with van der Waals surface area (Å²) in [7, 11) is 0. The molecule has 0 bridgehead atoms. The van der Waals surface area contributed by atoms with E-state index in [1.165, 1.54) is 0 Å². The van der Waals surface area contributed by atoms with E-state index in [-0.39, 0.29) is 11.8 Å². The third-order valence-corrected chi connectivity index (χ3v) is 4.52.